The minimum absolute atomic E-state index is 0.0966. The molecule has 8 heteroatoms. The molecule has 0 amide bonds. The highest BCUT2D eigenvalue weighted by molar-refractivity contribution is 7.89. The molecule has 0 N–H and O–H groups in total. The first-order valence-corrected chi connectivity index (χ1v) is 11.8. The van der Waals surface area contributed by atoms with E-state index in [1.807, 2.05) is 26.8 Å². The number of hydrogen-bond donors (Lipinski definition) is 0. The van der Waals surface area contributed by atoms with E-state index < -0.39 is 10.0 Å². The Morgan fingerprint density at radius 2 is 1.70 bits per heavy atom. The second-order valence-electron chi connectivity index (χ2n) is 7.93. The number of nitrogens with zero attached hydrogens (tertiary/aromatic N) is 3. The highest BCUT2D eigenvalue weighted by atomic mass is 35.5. The van der Waals surface area contributed by atoms with Crippen molar-refractivity contribution < 1.29 is 8.42 Å². The average molecular weight is 446 g/mol. The van der Waals surface area contributed by atoms with E-state index in [2.05, 4.69) is 4.98 Å². The summed E-state index contributed by atoms with van der Waals surface area (Å²) in [4.78, 5) is 17.7. The Bertz CT molecular complexity index is 1290. The SMILES string of the molecule is Cc1cc(C)c(S(=O)(=O)N2CCC(n3cnc4c(Cl)cccc4c3=O)CC2)cc1C. The Balaban J connectivity index is 1.59. The topological polar surface area (TPSA) is 72.3 Å². The number of fused-ring (bicyclic) bond motifs is 1. The molecule has 0 atom stereocenters. The van der Waals surface area contributed by atoms with E-state index in [0.29, 0.717) is 46.8 Å². The van der Waals surface area contributed by atoms with E-state index >= 15 is 0 Å². The maximum Gasteiger partial charge on any atom is 0.261 e. The fourth-order valence-electron chi connectivity index (χ4n) is 4.10. The summed E-state index contributed by atoms with van der Waals surface area (Å²) in [6.07, 6.45) is 2.63. The molecule has 0 saturated carbocycles. The van der Waals surface area contributed by atoms with Gasteiger partial charge >= 0.3 is 0 Å². The zero-order valence-electron chi connectivity index (χ0n) is 17.2. The third kappa shape index (κ3) is 3.55. The predicted octanol–water partition coefficient (Wildman–Crippen LogP) is 4.00. The summed E-state index contributed by atoms with van der Waals surface area (Å²) < 4.78 is 29.6. The van der Waals surface area contributed by atoms with Crippen LogP contribution in [0, 0.1) is 20.8 Å². The van der Waals surface area contributed by atoms with Crippen molar-refractivity contribution >= 4 is 32.5 Å². The monoisotopic (exact) mass is 445 g/mol. The lowest BCUT2D eigenvalue weighted by atomic mass is 10.1. The molecule has 0 bridgehead atoms. The summed E-state index contributed by atoms with van der Waals surface area (Å²) in [5.41, 5.74) is 3.14. The smallest absolute Gasteiger partial charge is 0.261 e. The van der Waals surface area contributed by atoms with Crippen LogP contribution in [0.2, 0.25) is 5.02 Å². The van der Waals surface area contributed by atoms with Crippen LogP contribution in [0.1, 0.15) is 35.6 Å². The minimum Gasteiger partial charge on any atom is -0.296 e. The molecule has 0 unspecified atom stereocenters. The molecule has 1 aliphatic heterocycles. The van der Waals surface area contributed by atoms with Gasteiger partial charge in [0.1, 0.15) is 0 Å². The van der Waals surface area contributed by atoms with Crippen LogP contribution in [0.3, 0.4) is 0 Å². The van der Waals surface area contributed by atoms with Crippen molar-refractivity contribution in [2.45, 2.75) is 44.6 Å². The molecule has 4 rings (SSSR count). The van der Waals surface area contributed by atoms with Crippen molar-refractivity contribution in [2.24, 2.45) is 0 Å². The van der Waals surface area contributed by atoms with Crippen molar-refractivity contribution in [3.63, 3.8) is 0 Å². The van der Waals surface area contributed by atoms with Gasteiger partial charge in [-0.15, -0.1) is 0 Å². The predicted molar refractivity (Wildman–Crippen MR) is 119 cm³/mol. The minimum atomic E-state index is -3.58. The Morgan fingerprint density at radius 1 is 1.03 bits per heavy atom. The van der Waals surface area contributed by atoms with E-state index in [9.17, 15) is 13.2 Å². The first-order chi connectivity index (χ1) is 14.2. The van der Waals surface area contributed by atoms with Gasteiger partial charge in [-0.2, -0.15) is 4.31 Å². The van der Waals surface area contributed by atoms with E-state index in [1.165, 1.54) is 10.6 Å². The molecule has 2 heterocycles. The van der Waals surface area contributed by atoms with E-state index in [4.69, 9.17) is 11.6 Å². The molecule has 1 aliphatic rings. The summed E-state index contributed by atoms with van der Waals surface area (Å²) in [7, 11) is -3.58. The van der Waals surface area contributed by atoms with Crippen LogP contribution < -0.4 is 5.56 Å². The Labute approximate surface area is 181 Å². The molecule has 30 heavy (non-hydrogen) atoms. The summed E-state index contributed by atoms with van der Waals surface area (Å²) in [5.74, 6) is 0. The van der Waals surface area contributed by atoms with Crippen LogP contribution in [0.5, 0.6) is 0 Å². The number of aryl methyl sites for hydroxylation is 3. The molecule has 158 valence electrons. The van der Waals surface area contributed by atoms with Gasteiger partial charge < -0.3 is 0 Å². The summed E-state index contributed by atoms with van der Waals surface area (Å²) in [6, 6.07) is 8.74. The number of sulfonamides is 1. The van der Waals surface area contributed by atoms with Gasteiger partial charge in [0.05, 0.1) is 27.1 Å². The molecular formula is C22H24ClN3O3S. The lowest BCUT2D eigenvalue weighted by Gasteiger charge is -2.32. The van der Waals surface area contributed by atoms with Crippen molar-refractivity contribution in [3.8, 4) is 0 Å². The third-order valence-electron chi connectivity index (χ3n) is 5.99. The fourth-order valence-corrected chi connectivity index (χ4v) is 6.09. The molecule has 0 radical (unpaired) electrons. The van der Waals surface area contributed by atoms with Gasteiger partial charge in [0.2, 0.25) is 10.0 Å². The molecule has 3 aromatic rings. The highest BCUT2D eigenvalue weighted by Crippen LogP contribution is 2.29. The van der Waals surface area contributed by atoms with Crippen LogP contribution in [-0.2, 0) is 10.0 Å². The molecule has 0 aliphatic carbocycles. The van der Waals surface area contributed by atoms with E-state index in [-0.39, 0.29) is 11.6 Å². The normalized spacial score (nSPS) is 16.3. The zero-order valence-corrected chi connectivity index (χ0v) is 18.8. The van der Waals surface area contributed by atoms with Crippen LogP contribution in [-0.4, -0.2) is 35.4 Å². The number of piperidine rings is 1. The maximum absolute atomic E-state index is 13.2. The largest absolute Gasteiger partial charge is 0.296 e. The second-order valence-corrected chi connectivity index (χ2v) is 10.2. The standard InChI is InChI=1S/C22H24ClN3O3S/c1-14-11-16(3)20(12-15(14)2)30(28,29)25-9-7-17(8-10-25)26-13-24-21-18(22(26)27)5-4-6-19(21)23/h4-6,11-13,17H,7-10H2,1-3H3. The van der Waals surface area contributed by atoms with Gasteiger partial charge in [-0.3, -0.25) is 9.36 Å². The Morgan fingerprint density at radius 3 is 2.40 bits per heavy atom. The zero-order chi connectivity index (χ0) is 21.6. The molecule has 2 aromatic carbocycles. The lowest BCUT2D eigenvalue weighted by Crippen LogP contribution is -2.41. The fraction of sp³-hybridized carbons (Fsp3) is 0.364. The van der Waals surface area contributed by atoms with Gasteiger partial charge in [0.15, 0.2) is 0 Å². The van der Waals surface area contributed by atoms with Gasteiger partial charge in [-0.25, -0.2) is 13.4 Å². The average Bonchev–Trinajstić information content (AvgIpc) is 2.71. The highest BCUT2D eigenvalue weighted by Gasteiger charge is 2.31. The number of para-hydroxylation sites is 1. The van der Waals surface area contributed by atoms with Crippen LogP contribution in [0.15, 0.2) is 46.3 Å². The second kappa shape index (κ2) is 7.80. The maximum atomic E-state index is 13.2. The van der Waals surface area contributed by atoms with Crippen LogP contribution >= 0.6 is 11.6 Å². The van der Waals surface area contributed by atoms with Crippen molar-refractivity contribution in [1.29, 1.82) is 0 Å². The number of hydrogen-bond acceptors (Lipinski definition) is 4. The molecule has 0 spiro atoms. The molecule has 1 aromatic heterocycles. The van der Waals surface area contributed by atoms with Crippen molar-refractivity contribution in [3.05, 3.63) is 68.7 Å². The molecule has 1 saturated heterocycles. The van der Waals surface area contributed by atoms with Gasteiger partial charge in [-0.1, -0.05) is 23.7 Å². The quantitative estimate of drug-likeness (QED) is 0.610. The number of rotatable bonds is 3. The van der Waals surface area contributed by atoms with Crippen molar-refractivity contribution in [1.82, 2.24) is 13.9 Å². The first kappa shape index (κ1) is 21.0. The first-order valence-electron chi connectivity index (χ1n) is 9.93. The molecule has 1 fully saturated rings. The van der Waals surface area contributed by atoms with Crippen LogP contribution in [0.4, 0.5) is 0 Å². The van der Waals surface area contributed by atoms with Gasteiger partial charge in [0, 0.05) is 19.1 Å². The number of aromatic nitrogens is 2. The number of benzene rings is 2. The summed E-state index contributed by atoms with van der Waals surface area (Å²) >= 11 is 6.14. The van der Waals surface area contributed by atoms with Gasteiger partial charge in [0.25, 0.3) is 5.56 Å². The Hall–Kier alpha value is -2.22. The third-order valence-corrected chi connectivity index (χ3v) is 8.33. The van der Waals surface area contributed by atoms with E-state index in [0.717, 1.165) is 16.7 Å². The van der Waals surface area contributed by atoms with Gasteiger partial charge in [-0.05, 0) is 68.5 Å². The van der Waals surface area contributed by atoms with Crippen molar-refractivity contribution in [2.75, 3.05) is 13.1 Å². The summed E-state index contributed by atoms with van der Waals surface area (Å²) in [5, 5.41) is 0.923. The summed E-state index contributed by atoms with van der Waals surface area (Å²) in [6.45, 7) is 6.45. The Kier molecular flexibility index (Phi) is 5.46. The molecule has 6 nitrogen and oxygen atoms in total. The van der Waals surface area contributed by atoms with Crippen LogP contribution in [0.25, 0.3) is 10.9 Å². The number of halogens is 1. The molecular weight excluding hydrogens is 422 g/mol. The lowest BCUT2D eigenvalue weighted by molar-refractivity contribution is 0.269. The van der Waals surface area contributed by atoms with E-state index in [1.54, 1.807) is 28.8 Å².